The van der Waals surface area contributed by atoms with Gasteiger partial charge in [-0.2, -0.15) is 0 Å². The summed E-state index contributed by atoms with van der Waals surface area (Å²) in [6, 6.07) is 0. The molecule has 0 aromatic carbocycles. The molecule has 0 heterocycles. The van der Waals surface area contributed by atoms with Crippen LogP contribution in [-0.4, -0.2) is 47.8 Å². The molecule has 18 heavy (non-hydrogen) atoms. The second kappa shape index (κ2) is 5.45. The molecule has 2 aliphatic rings. The van der Waals surface area contributed by atoms with Gasteiger partial charge >= 0.3 is 0 Å². The third-order valence-electron chi connectivity index (χ3n) is 5.09. The molecule has 0 unspecified atom stereocenters. The molecule has 0 aliphatic heterocycles. The normalized spacial score (nSPS) is 29.3. The van der Waals surface area contributed by atoms with E-state index in [1.54, 1.807) is 14.2 Å². The molecule has 0 radical (unpaired) electrons. The second-order valence-corrected chi connectivity index (χ2v) is 5.84. The first kappa shape index (κ1) is 14.3. The number of methoxy groups -OCH3 is 2. The molecule has 106 valence electrons. The van der Waals surface area contributed by atoms with Gasteiger partial charge < -0.3 is 19.7 Å². The van der Waals surface area contributed by atoms with Crippen LogP contribution in [0.25, 0.3) is 0 Å². The van der Waals surface area contributed by atoms with Gasteiger partial charge in [0.15, 0.2) is 0 Å². The van der Waals surface area contributed by atoms with E-state index in [2.05, 4.69) is 0 Å². The predicted molar refractivity (Wildman–Crippen MR) is 68.4 cm³/mol. The van der Waals surface area contributed by atoms with Gasteiger partial charge in [-0.3, -0.25) is 0 Å². The Bertz CT molecular complexity index is 239. The number of aliphatic hydroxyl groups excluding tert-OH is 2. The highest BCUT2D eigenvalue weighted by molar-refractivity contribution is 5.04. The minimum Gasteiger partial charge on any atom is -0.387 e. The fraction of sp³-hybridized carbons (Fsp3) is 1.00. The van der Waals surface area contributed by atoms with Crippen molar-refractivity contribution in [2.75, 3.05) is 14.2 Å². The van der Waals surface area contributed by atoms with Crippen molar-refractivity contribution in [3.8, 4) is 0 Å². The maximum atomic E-state index is 10.6. The predicted octanol–water partition coefficient (Wildman–Crippen LogP) is 1.63. The number of aliphatic hydroxyl groups is 2. The Morgan fingerprint density at radius 3 is 1.22 bits per heavy atom. The number of hydrogen-bond donors (Lipinski definition) is 2. The molecule has 2 fully saturated rings. The standard InChI is InChI=1S/C14H26O4/c1-17-13(7-3-4-8-13)11(15)12(16)14(18-2)9-5-6-10-14/h11-12,15-16H,3-10H2,1-2H3/t11-,12-/m0/s1. The lowest BCUT2D eigenvalue weighted by Gasteiger charge is -2.42. The first-order chi connectivity index (χ1) is 8.60. The van der Waals surface area contributed by atoms with Crippen LogP contribution in [0.1, 0.15) is 51.4 Å². The lowest BCUT2D eigenvalue weighted by atomic mass is 9.81. The zero-order chi connectivity index (χ0) is 13.2. The molecule has 2 aliphatic carbocycles. The van der Waals surface area contributed by atoms with Gasteiger partial charge in [-0.25, -0.2) is 0 Å². The van der Waals surface area contributed by atoms with Gasteiger partial charge in [0.1, 0.15) is 12.2 Å². The van der Waals surface area contributed by atoms with Crippen molar-refractivity contribution in [3.63, 3.8) is 0 Å². The summed E-state index contributed by atoms with van der Waals surface area (Å²) in [7, 11) is 3.27. The Hall–Kier alpha value is -0.160. The number of ether oxygens (including phenoxy) is 2. The van der Waals surface area contributed by atoms with Crippen LogP contribution < -0.4 is 0 Å². The SMILES string of the molecule is COC1([C@@H](O)[C@H](O)C2(OC)CCCC2)CCCC1. The molecule has 0 aromatic heterocycles. The molecule has 0 amide bonds. The molecule has 4 nitrogen and oxygen atoms in total. The third-order valence-corrected chi connectivity index (χ3v) is 5.09. The summed E-state index contributed by atoms with van der Waals surface area (Å²) in [4.78, 5) is 0. The molecule has 2 N–H and O–H groups in total. The van der Waals surface area contributed by atoms with Crippen molar-refractivity contribution >= 4 is 0 Å². The van der Waals surface area contributed by atoms with Crippen LogP contribution in [0.4, 0.5) is 0 Å². The Morgan fingerprint density at radius 1 is 0.722 bits per heavy atom. The van der Waals surface area contributed by atoms with E-state index in [1.165, 1.54) is 0 Å². The Labute approximate surface area is 109 Å². The second-order valence-electron chi connectivity index (χ2n) is 5.84. The summed E-state index contributed by atoms with van der Waals surface area (Å²) >= 11 is 0. The first-order valence-electron chi connectivity index (χ1n) is 7.07. The molecular formula is C14H26O4. The minimum absolute atomic E-state index is 0.576. The smallest absolute Gasteiger partial charge is 0.112 e. The number of hydrogen-bond acceptors (Lipinski definition) is 4. The molecule has 0 saturated heterocycles. The van der Waals surface area contributed by atoms with E-state index >= 15 is 0 Å². The highest BCUT2D eigenvalue weighted by Crippen LogP contribution is 2.43. The van der Waals surface area contributed by atoms with Crippen LogP contribution in [0.5, 0.6) is 0 Å². The average molecular weight is 258 g/mol. The molecule has 0 spiro atoms. The van der Waals surface area contributed by atoms with Crippen LogP contribution in [-0.2, 0) is 9.47 Å². The largest absolute Gasteiger partial charge is 0.387 e. The summed E-state index contributed by atoms with van der Waals surface area (Å²) in [5.74, 6) is 0. The van der Waals surface area contributed by atoms with Gasteiger partial charge in [0.2, 0.25) is 0 Å². The fourth-order valence-electron chi connectivity index (χ4n) is 3.76. The van der Waals surface area contributed by atoms with Gasteiger partial charge in [0.05, 0.1) is 11.2 Å². The zero-order valence-electron chi connectivity index (χ0n) is 11.5. The summed E-state index contributed by atoms with van der Waals surface area (Å²) in [5.41, 5.74) is -1.15. The molecular weight excluding hydrogens is 232 g/mol. The average Bonchev–Trinajstić information content (AvgIpc) is 3.07. The van der Waals surface area contributed by atoms with Gasteiger partial charge in [0, 0.05) is 14.2 Å². The fourth-order valence-corrected chi connectivity index (χ4v) is 3.76. The van der Waals surface area contributed by atoms with Crippen LogP contribution in [0.2, 0.25) is 0 Å². The minimum atomic E-state index is -0.858. The highest BCUT2D eigenvalue weighted by atomic mass is 16.5. The molecule has 2 rings (SSSR count). The van der Waals surface area contributed by atoms with Gasteiger partial charge in [-0.15, -0.1) is 0 Å². The van der Waals surface area contributed by atoms with E-state index in [9.17, 15) is 10.2 Å². The van der Waals surface area contributed by atoms with Crippen LogP contribution in [0.3, 0.4) is 0 Å². The highest BCUT2D eigenvalue weighted by Gasteiger charge is 2.52. The van der Waals surface area contributed by atoms with Gasteiger partial charge in [0.25, 0.3) is 0 Å². The first-order valence-corrected chi connectivity index (χ1v) is 7.07. The van der Waals surface area contributed by atoms with E-state index in [1.807, 2.05) is 0 Å². The van der Waals surface area contributed by atoms with Crippen LogP contribution in [0.15, 0.2) is 0 Å². The van der Waals surface area contributed by atoms with E-state index < -0.39 is 23.4 Å². The van der Waals surface area contributed by atoms with Crippen LogP contribution >= 0.6 is 0 Å². The lowest BCUT2D eigenvalue weighted by molar-refractivity contribution is -0.198. The van der Waals surface area contributed by atoms with Crippen molar-refractivity contribution in [3.05, 3.63) is 0 Å². The topological polar surface area (TPSA) is 58.9 Å². The van der Waals surface area contributed by atoms with Crippen molar-refractivity contribution in [2.45, 2.75) is 74.8 Å². The monoisotopic (exact) mass is 258 g/mol. The summed E-state index contributed by atoms with van der Waals surface area (Å²) in [6.45, 7) is 0. The van der Waals surface area contributed by atoms with E-state index in [-0.39, 0.29) is 0 Å². The lowest BCUT2D eigenvalue weighted by Crippen LogP contribution is -2.57. The Morgan fingerprint density at radius 2 is 1.00 bits per heavy atom. The van der Waals surface area contributed by atoms with E-state index in [0.29, 0.717) is 0 Å². The van der Waals surface area contributed by atoms with Gasteiger partial charge in [-0.05, 0) is 25.7 Å². The van der Waals surface area contributed by atoms with E-state index in [0.717, 1.165) is 51.4 Å². The molecule has 2 atom stereocenters. The summed E-state index contributed by atoms with van der Waals surface area (Å²) in [6.07, 6.45) is 5.78. The Balaban J connectivity index is 2.14. The molecule has 2 saturated carbocycles. The maximum Gasteiger partial charge on any atom is 0.112 e. The molecule has 4 heteroatoms. The van der Waals surface area contributed by atoms with Crippen LogP contribution in [0, 0.1) is 0 Å². The Kier molecular flexibility index (Phi) is 4.32. The van der Waals surface area contributed by atoms with Crippen molar-refractivity contribution < 1.29 is 19.7 Å². The zero-order valence-corrected chi connectivity index (χ0v) is 11.5. The van der Waals surface area contributed by atoms with E-state index in [4.69, 9.17) is 9.47 Å². The molecule has 0 aromatic rings. The number of rotatable bonds is 5. The maximum absolute atomic E-state index is 10.6. The summed E-state index contributed by atoms with van der Waals surface area (Å²) in [5, 5.41) is 21.1. The van der Waals surface area contributed by atoms with Gasteiger partial charge in [-0.1, -0.05) is 25.7 Å². The quantitative estimate of drug-likeness (QED) is 0.787. The van der Waals surface area contributed by atoms with Crippen molar-refractivity contribution in [1.29, 1.82) is 0 Å². The van der Waals surface area contributed by atoms with Crippen molar-refractivity contribution in [1.82, 2.24) is 0 Å². The summed E-state index contributed by atoms with van der Waals surface area (Å²) < 4.78 is 11.1. The third kappa shape index (κ3) is 2.20. The van der Waals surface area contributed by atoms with Crippen molar-refractivity contribution in [2.24, 2.45) is 0 Å². The molecule has 0 bridgehead atoms.